The Morgan fingerprint density at radius 3 is 3.00 bits per heavy atom. The third kappa shape index (κ3) is 2.17. The first-order valence-corrected chi connectivity index (χ1v) is 7.15. The van der Waals surface area contributed by atoms with Gasteiger partial charge in [0.15, 0.2) is 4.34 Å². The summed E-state index contributed by atoms with van der Waals surface area (Å²) >= 11 is 3.15. The predicted octanol–water partition coefficient (Wildman–Crippen LogP) is 3.09. The van der Waals surface area contributed by atoms with E-state index in [1.807, 2.05) is 31.2 Å². The summed E-state index contributed by atoms with van der Waals surface area (Å²) in [4.78, 5) is 16.0. The first-order chi connectivity index (χ1) is 8.22. The average Bonchev–Trinajstić information content (AvgIpc) is 2.82. The number of cyclic esters (lactones) is 1. The summed E-state index contributed by atoms with van der Waals surface area (Å²) in [5, 5.41) is -0.0921. The monoisotopic (exact) mass is 265 g/mol. The zero-order valence-corrected chi connectivity index (χ0v) is 10.9. The maximum Gasteiger partial charge on any atom is 0.319 e. The van der Waals surface area contributed by atoms with E-state index >= 15 is 0 Å². The maximum atomic E-state index is 11.5. The lowest BCUT2D eigenvalue weighted by atomic mass is 10.3. The van der Waals surface area contributed by atoms with Crippen LogP contribution in [-0.2, 0) is 9.53 Å². The van der Waals surface area contributed by atoms with Crippen molar-refractivity contribution in [2.45, 2.75) is 29.0 Å². The van der Waals surface area contributed by atoms with Crippen LogP contribution in [-0.4, -0.2) is 22.3 Å². The van der Waals surface area contributed by atoms with Gasteiger partial charge in [0.25, 0.3) is 0 Å². The fourth-order valence-electron chi connectivity index (χ4n) is 1.84. The Morgan fingerprint density at radius 2 is 2.29 bits per heavy atom. The lowest BCUT2D eigenvalue weighted by Gasteiger charge is -1.99. The largest absolute Gasteiger partial charge is 0.462 e. The van der Waals surface area contributed by atoms with Crippen LogP contribution in [0.3, 0.4) is 0 Å². The number of carbonyl (C=O) groups is 1. The van der Waals surface area contributed by atoms with Crippen molar-refractivity contribution in [3.63, 3.8) is 0 Å². The van der Waals surface area contributed by atoms with Crippen molar-refractivity contribution >= 4 is 39.3 Å². The van der Waals surface area contributed by atoms with Gasteiger partial charge in [-0.25, -0.2) is 4.98 Å². The summed E-state index contributed by atoms with van der Waals surface area (Å²) in [6, 6.07) is 8.02. The van der Waals surface area contributed by atoms with E-state index in [0.29, 0.717) is 0 Å². The Balaban J connectivity index is 1.83. The topological polar surface area (TPSA) is 39.2 Å². The highest BCUT2D eigenvalue weighted by molar-refractivity contribution is 8.02. The number of aromatic nitrogens is 1. The second kappa shape index (κ2) is 4.31. The molecule has 1 aliphatic heterocycles. The van der Waals surface area contributed by atoms with E-state index in [1.165, 1.54) is 11.8 Å². The highest BCUT2D eigenvalue weighted by Gasteiger charge is 2.33. The van der Waals surface area contributed by atoms with Gasteiger partial charge in [-0.05, 0) is 19.1 Å². The van der Waals surface area contributed by atoms with Gasteiger partial charge in [0.2, 0.25) is 0 Å². The molecule has 5 heteroatoms. The van der Waals surface area contributed by atoms with Crippen LogP contribution in [0.25, 0.3) is 10.2 Å². The van der Waals surface area contributed by atoms with Crippen molar-refractivity contribution in [3.05, 3.63) is 24.3 Å². The van der Waals surface area contributed by atoms with E-state index in [9.17, 15) is 4.79 Å². The molecule has 1 aromatic heterocycles. The summed E-state index contributed by atoms with van der Waals surface area (Å²) in [7, 11) is 0. The summed E-state index contributed by atoms with van der Waals surface area (Å²) in [5.41, 5.74) is 0.999. The van der Waals surface area contributed by atoms with Crippen molar-refractivity contribution < 1.29 is 9.53 Å². The van der Waals surface area contributed by atoms with Crippen LogP contribution in [0.15, 0.2) is 28.6 Å². The van der Waals surface area contributed by atoms with Crippen molar-refractivity contribution in [1.82, 2.24) is 4.98 Å². The molecule has 3 rings (SSSR count). The number of para-hydroxylation sites is 1. The molecule has 0 unspecified atom stereocenters. The van der Waals surface area contributed by atoms with Crippen molar-refractivity contribution in [2.24, 2.45) is 0 Å². The average molecular weight is 265 g/mol. The molecule has 2 aromatic rings. The van der Waals surface area contributed by atoms with Crippen molar-refractivity contribution in [1.29, 1.82) is 0 Å². The molecule has 3 nitrogen and oxygen atoms in total. The molecule has 1 aromatic carbocycles. The molecule has 17 heavy (non-hydrogen) atoms. The first-order valence-electron chi connectivity index (χ1n) is 5.45. The number of esters is 1. The van der Waals surface area contributed by atoms with Gasteiger partial charge < -0.3 is 4.74 Å². The molecule has 2 atom stereocenters. The zero-order valence-electron chi connectivity index (χ0n) is 9.25. The van der Waals surface area contributed by atoms with Crippen LogP contribution < -0.4 is 0 Å². The minimum Gasteiger partial charge on any atom is -0.462 e. The molecule has 0 bridgehead atoms. The Hall–Kier alpha value is -1.07. The number of benzene rings is 1. The molecule has 0 spiro atoms. The molecule has 0 amide bonds. The van der Waals surface area contributed by atoms with Crippen LogP contribution in [0.1, 0.15) is 13.3 Å². The normalized spacial score (nSPS) is 24.2. The number of thiazole rings is 1. The Labute approximate surface area is 107 Å². The van der Waals surface area contributed by atoms with Crippen LogP contribution in [0.5, 0.6) is 0 Å². The number of rotatable bonds is 2. The first kappa shape index (κ1) is 11.0. The molecule has 0 radical (unpaired) electrons. The van der Waals surface area contributed by atoms with E-state index in [-0.39, 0.29) is 17.3 Å². The Kier molecular flexibility index (Phi) is 2.80. The standard InChI is InChI=1S/C12H11NO2S2/c1-7-6-10(11(14)15-7)17-12-13-8-4-2-3-5-9(8)16-12/h2-5,7,10H,6H2,1H3/t7-,10+/m1/s1. The molecular formula is C12H11NO2S2. The summed E-state index contributed by atoms with van der Waals surface area (Å²) < 4.78 is 7.25. The van der Waals surface area contributed by atoms with Gasteiger partial charge in [-0.2, -0.15) is 0 Å². The van der Waals surface area contributed by atoms with Gasteiger partial charge in [-0.3, -0.25) is 4.79 Å². The Bertz CT molecular complexity index is 533. The lowest BCUT2D eigenvalue weighted by Crippen LogP contribution is -2.08. The molecule has 0 saturated carbocycles. The van der Waals surface area contributed by atoms with Gasteiger partial charge in [0.05, 0.1) is 10.2 Å². The predicted molar refractivity (Wildman–Crippen MR) is 69.4 cm³/mol. The highest BCUT2D eigenvalue weighted by Crippen LogP contribution is 2.36. The second-order valence-electron chi connectivity index (χ2n) is 4.04. The number of ether oxygens (including phenoxy) is 1. The van der Waals surface area contributed by atoms with Gasteiger partial charge in [0.1, 0.15) is 11.4 Å². The summed E-state index contributed by atoms with van der Waals surface area (Å²) in [5.74, 6) is -0.109. The molecule has 1 saturated heterocycles. The molecule has 1 fully saturated rings. The van der Waals surface area contributed by atoms with Crippen LogP contribution in [0.2, 0.25) is 0 Å². The van der Waals surface area contributed by atoms with E-state index in [4.69, 9.17) is 4.74 Å². The van der Waals surface area contributed by atoms with Gasteiger partial charge >= 0.3 is 5.97 Å². The number of fused-ring (bicyclic) bond motifs is 1. The molecule has 0 aliphatic carbocycles. The number of nitrogens with zero attached hydrogens (tertiary/aromatic N) is 1. The number of thioether (sulfide) groups is 1. The molecule has 1 aliphatic rings. The number of hydrogen-bond donors (Lipinski definition) is 0. The van der Waals surface area contributed by atoms with Crippen LogP contribution in [0, 0.1) is 0 Å². The smallest absolute Gasteiger partial charge is 0.319 e. The van der Waals surface area contributed by atoms with E-state index in [2.05, 4.69) is 4.98 Å². The summed E-state index contributed by atoms with van der Waals surface area (Å²) in [6.45, 7) is 1.93. The molecule has 2 heterocycles. The highest BCUT2D eigenvalue weighted by atomic mass is 32.2. The minimum absolute atomic E-state index is 0.0365. The lowest BCUT2D eigenvalue weighted by molar-refractivity contribution is -0.140. The maximum absolute atomic E-state index is 11.5. The number of hydrogen-bond acceptors (Lipinski definition) is 5. The van der Waals surface area contributed by atoms with Crippen LogP contribution >= 0.6 is 23.1 Å². The third-order valence-corrected chi connectivity index (χ3v) is 4.98. The van der Waals surface area contributed by atoms with Gasteiger partial charge in [-0.1, -0.05) is 23.9 Å². The molecule has 88 valence electrons. The van der Waals surface area contributed by atoms with Gasteiger partial charge in [0, 0.05) is 6.42 Å². The second-order valence-corrected chi connectivity index (χ2v) is 6.52. The van der Waals surface area contributed by atoms with E-state index in [1.54, 1.807) is 11.3 Å². The minimum atomic E-state index is -0.109. The summed E-state index contributed by atoms with van der Waals surface area (Å²) in [6.07, 6.45) is 0.814. The van der Waals surface area contributed by atoms with E-state index in [0.717, 1.165) is 21.0 Å². The SMILES string of the molecule is C[C@@H]1C[C@H](Sc2nc3ccccc3s2)C(=O)O1. The Morgan fingerprint density at radius 1 is 1.47 bits per heavy atom. The molecular weight excluding hydrogens is 254 g/mol. The zero-order chi connectivity index (χ0) is 11.8. The third-order valence-electron chi connectivity index (χ3n) is 2.64. The molecule has 0 N–H and O–H groups in total. The van der Waals surface area contributed by atoms with Crippen molar-refractivity contribution in [2.75, 3.05) is 0 Å². The fraction of sp³-hybridized carbons (Fsp3) is 0.333. The quantitative estimate of drug-likeness (QED) is 0.782. The van der Waals surface area contributed by atoms with Crippen LogP contribution in [0.4, 0.5) is 0 Å². The van der Waals surface area contributed by atoms with Crippen molar-refractivity contribution in [3.8, 4) is 0 Å². The fourth-order valence-corrected chi connectivity index (χ4v) is 4.26. The van der Waals surface area contributed by atoms with Gasteiger partial charge in [-0.15, -0.1) is 11.3 Å². The number of carbonyl (C=O) groups excluding carboxylic acids is 1. The van der Waals surface area contributed by atoms with E-state index < -0.39 is 0 Å².